The second-order valence-corrected chi connectivity index (χ2v) is 5.01. The molecule has 2 aromatic rings. The fraction of sp³-hybridized carbons (Fsp3) is 0.294. The summed E-state index contributed by atoms with van der Waals surface area (Å²) in [5, 5.41) is 2.89. The number of ether oxygens (including phenoxy) is 2. The fourth-order valence-electron chi connectivity index (χ4n) is 1.90. The van der Waals surface area contributed by atoms with E-state index in [1.165, 1.54) is 0 Å². The number of amides is 2. The molecule has 0 atom stereocenters. The van der Waals surface area contributed by atoms with E-state index in [2.05, 4.69) is 26.1 Å². The van der Waals surface area contributed by atoms with Gasteiger partial charge in [-0.3, -0.25) is 20.4 Å². The summed E-state index contributed by atoms with van der Waals surface area (Å²) in [4.78, 5) is 31.4. The average Bonchev–Trinajstić information content (AvgIpc) is 2.67. The quantitative estimate of drug-likeness (QED) is 0.570. The van der Waals surface area contributed by atoms with Crippen LogP contribution in [-0.4, -0.2) is 41.5 Å². The smallest absolute Gasteiger partial charge is 0.276 e. The van der Waals surface area contributed by atoms with Crippen LogP contribution in [0.4, 0.5) is 5.95 Å². The highest BCUT2D eigenvalue weighted by molar-refractivity contribution is 5.82. The number of aromatic nitrogens is 2. The molecule has 1 aromatic heterocycles. The Morgan fingerprint density at radius 2 is 1.62 bits per heavy atom. The zero-order valence-corrected chi connectivity index (χ0v) is 14.4. The van der Waals surface area contributed by atoms with E-state index in [1.807, 2.05) is 13.0 Å². The summed E-state index contributed by atoms with van der Waals surface area (Å²) >= 11 is 0. The van der Waals surface area contributed by atoms with Gasteiger partial charge in [0.1, 0.15) is 0 Å². The van der Waals surface area contributed by atoms with E-state index in [1.54, 1.807) is 36.7 Å². The molecule has 0 spiro atoms. The first kappa shape index (κ1) is 19.0. The molecule has 1 heterocycles. The van der Waals surface area contributed by atoms with E-state index in [9.17, 15) is 9.59 Å². The molecule has 26 heavy (non-hydrogen) atoms. The molecule has 0 radical (unpaired) electrons. The maximum Gasteiger partial charge on any atom is 0.276 e. The van der Waals surface area contributed by atoms with Crippen molar-refractivity contribution in [2.45, 2.75) is 13.3 Å². The van der Waals surface area contributed by atoms with Crippen LogP contribution in [0.3, 0.4) is 0 Å². The molecular formula is C17H21N5O4. The van der Waals surface area contributed by atoms with E-state index in [-0.39, 0.29) is 18.9 Å². The highest BCUT2D eigenvalue weighted by Gasteiger charge is 2.08. The summed E-state index contributed by atoms with van der Waals surface area (Å²) in [6.07, 6.45) is 3.34. The SMILES string of the molecule is CCOc1ccccc1OCC(=O)NNC(=O)CCNc1ncccn1. The van der Waals surface area contributed by atoms with Crippen molar-refractivity contribution >= 4 is 17.8 Å². The van der Waals surface area contributed by atoms with Gasteiger partial charge >= 0.3 is 0 Å². The molecule has 0 saturated carbocycles. The number of benzene rings is 1. The molecule has 9 nitrogen and oxygen atoms in total. The Labute approximate surface area is 151 Å². The minimum absolute atomic E-state index is 0.145. The molecule has 0 aliphatic rings. The molecule has 0 bridgehead atoms. The second kappa shape index (κ2) is 10.5. The summed E-state index contributed by atoms with van der Waals surface area (Å²) in [5.41, 5.74) is 4.60. The number of nitrogens with zero attached hydrogens (tertiary/aromatic N) is 2. The summed E-state index contributed by atoms with van der Waals surface area (Å²) in [5.74, 6) is 0.620. The lowest BCUT2D eigenvalue weighted by Gasteiger charge is -2.12. The molecule has 1 aromatic carbocycles. The predicted octanol–water partition coefficient (Wildman–Crippen LogP) is 0.904. The van der Waals surface area contributed by atoms with Gasteiger partial charge < -0.3 is 14.8 Å². The third-order valence-electron chi connectivity index (χ3n) is 3.05. The van der Waals surface area contributed by atoms with Crippen LogP contribution in [0.2, 0.25) is 0 Å². The number of hydrazine groups is 1. The van der Waals surface area contributed by atoms with Crippen LogP contribution >= 0.6 is 0 Å². The van der Waals surface area contributed by atoms with Crippen LogP contribution in [0.15, 0.2) is 42.7 Å². The van der Waals surface area contributed by atoms with Crippen LogP contribution < -0.4 is 25.6 Å². The third kappa shape index (κ3) is 6.63. The van der Waals surface area contributed by atoms with E-state index in [4.69, 9.17) is 9.47 Å². The summed E-state index contributed by atoms with van der Waals surface area (Å²) < 4.78 is 10.8. The van der Waals surface area contributed by atoms with Gasteiger partial charge in [0.25, 0.3) is 5.91 Å². The molecule has 0 aliphatic heterocycles. The number of para-hydroxylation sites is 2. The highest BCUT2D eigenvalue weighted by atomic mass is 16.5. The van der Waals surface area contributed by atoms with Crippen LogP contribution in [0.25, 0.3) is 0 Å². The number of rotatable bonds is 9. The van der Waals surface area contributed by atoms with Gasteiger partial charge in [-0.25, -0.2) is 9.97 Å². The molecule has 2 rings (SSSR count). The first-order valence-electron chi connectivity index (χ1n) is 8.12. The summed E-state index contributed by atoms with van der Waals surface area (Å²) in [6.45, 7) is 2.44. The van der Waals surface area contributed by atoms with Gasteiger partial charge in [-0.1, -0.05) is 12.1 Å². The lowest BCUT2D eigenvalue weighted by molar-refractivity contribution is -0.129. The first-order valence-corrected chi connectivity index (χ1v) is 8.12. The minimum Gasteiger partial charge on any atom is -0.490 e. The molecule has 3 N–H and O–H groups in total. The van der Waals surface area contributed by atoms with Crippen molar-refractivity contribution in [3.8, 4) is 11.5 Å². The number of hydrogen-bond acceptors (Lipinski definition) is 7. The molecule has 2 amide bonds. The topological polar surface area (TPSA) is 114 Å². The van der Waals surface area contributed by atoms with E-state index >= 15 is 0 Å². The Morgan fingerprint density at radius 3 is 2.31 bits per heavy atom. The number of nitrogens with one attached hydrogen (secondary N) is 3. The lowest BCUT2D eigenvalue weighted by atomic mass is 10.3. The molecule has 9 heteroatoms. The zero-order valence-electron chi connectivity index (χ0n) is 14.4. The van der Waals surface area contributed by atoms with Gasteiger partial charge in [0.2, 0.25) is 11.9 Å². The van der Waals surface area contributed by atoms with Crippen molar-refractivity contribution in [3.05, 3.63) is 42.7 Å². The largest absolute Gasteiger partial charge is 0.490 e. The zero-order chi connectivity index (χ0) is 18.6. The monoisotopic (exact) mass is 359 g/mol. The maximum atomic E-state index is 11.8. The molecule has 0 saturated heterocycles. The number of carbonyl (C=O) groups is 2. The van der Waals surface area contributed by atoms with Crippen LogP contribution in [0.1, 0.15) is 13.3 Å². The Morgan fingerprint density at radius 1 is 0.962 bits per heavy atom. The number of anilines is 1. The van der Waals surface area contributed by atoms with Gasteiger partial charge in [0, 0.05) is 25.4 Å². The van der Waals surface area contributed by atoms with E-state index < -0.39 is 5.91 Å². The Hall–Kier alpha value is -3.36. The summed E-state index contributed by atoms with van der Waals surface area (Å²) in [7, 11) is 0. The van der Waals surface area contributed by atoms with Crippen LogP contribution in [0, 0.1) is 0 Å². The van der Waals surface area contributed by atoms with Gasteiger partial charge in [-0.15, -0.1) is 0 Å². The van der Waals surface area contributed by atoms with Gasteiger partial charge in [-0.05, 0) is 25.1 Å². The predicted molar refractivity (Wildman–Crippen MR) is 94.5 cm³/mol. The molecule has 0 unspecified atom stereocenters. The van der Waals surface area contributed by atoms with Crippen LogP contribution in [0.5, 0.6) is 11.5 Å². The van der Waals surface area contributed by atoms with Crippen molar-refractivity contribution < 1.29 is 19.1 Å². The normalized spacial score (nSPS) is 9.88. The standard InChI is InChI=1S/C17H21N5O4/c1-2-25-13-6-3-4-7-14(13)26-12-16(24)22-21-15(23)8-11-20-17-18-9-5-10-19-17/h3-7,9-10H,2,8,11-12H2,1H3,(H,21,23)(H,22,24)(H,18,19,20). The summed E-state index contributed by atoms with van der Waals surface area (Å²) in [6, 6.07) is 8.74. The second-order valence-electron chi connectivity index (χ2n) is 5.01. The number of hydrogen-bond donors (Lipinski definition) is 3. The fourth-order valence-corrected chi connectivity index (χ4v) is 1.90. The van der Waals surface area contributed by atoms with Crippen molar-refractivity contribution in [1.29, 1.82) is 0 Å². The van der Waals surface area contributed by atoms with Gasteiger partial charge in [-0.2, -0.15) is 0 Å². The molecule has 138 valence electrons. The maximum absolute atomic E-state index is 11.8. The van der Waals surface area contributed by atoms with Crippen molar-refractivity contribution in [2.24, 2.45) is 0 Å². The van der Waals surface area contributed by atoms with E-state index in [0.29, 0.717) is 30.6 Å². The van der Waals surface area contributed by atoms with Gasteiger partial charge in [0.05, 0.1) is 6.61 Å². The Bertz CT molecular complexity index is 711. The van der Waals surface area contributed by atoms with Crippen molar-refractivity contribution in [3.63, 3.8) is 0 Å². The lowest BCUT2D eigenvalue weighted by Crippen LogP contribution is -2.44. The Balaban J connectivity index is 1.64. The highest BCUT2D eigenvalue weighted by Crippen LogP contribution is 2.26. The van der Waals surface area contributed by atoms with E-state index in [0.717, 1.165) is 0 Å². The molecular weight excluding hydrogens is 338 g/mol. The minimum atomic E-state index is -0.482. The first-order chi connectivity index (χ1) is 12.7. The number of carbonyl (C=O) groups excluding carboxylic acids is 2. The average molecular weight is 359 g/mol. The van der Waals surface area contributed by atoms with Crippen molar-refractivity contribution in [2.75, 3.05) is 25.1 Å². The van der Waals surface area contributed by atoms with Crippen molar-refractivity contribution in [1.82, 2.24) is 20.8 Å². The van der Waals surface area contributed by atoms with Crippen LogP contribution in [-0.2, 0) is 9.59 Å². The molecule has 0 fully saturated rings. The Kier molecular flexibility index (Phi) is 7.66. The third-order valence-corrected chi connectivity index (χ3v) is 3.05. The van der Waals surface area contributed by atoms with Gasteiger partial charge in [0.15, 0.2) is 18.1 Å². The molecule has 0 aliphatic carbocycles.